The van der Waals surface area contributed by atoms with Gasteiger partial charge in [-0.25, -0.2) is 4.39 Å². The van der Waals surface area contributed by atoms with Gasteiger partial charge in [-0.05, 0) is 29.8 Å². The number of phenolic OH excluding ortho intramolecular Hbond substituents is 1. The van der Waals surface area contributed by atoms with E-state index in [9.17, 15) is 14.3 Å². The molecule has 0 unspecified atom stereocenters. The summed E-state index contributed by atoms with van der Waals surface area (Å²) in [5.74, 6) is -0.538. The molecule has 2 aromatic rings. The molecule has 3 rings (SSSR count). The Labute approximate surface area is 120 Å². The highest BCUT2D eigenvalue weighted by molar-refractivity contribution is 6.22. The van der Waals surface area contributed by atoms with E-state index >= 15 is 0 Å². The molecular formula is C16H12FNO3. The van der Waals surface area contributed by atoms with E-state index in [2.05, 4.69) is 4.99 Å². The number of Topliss-reactive ketones (excluding diaryl/α,β-unsaturated/α-hetero) is 1. The quantitative estimate of drug-likeness (QED) is 0.921. The average Bonchev–Trinajstić information content (AvgIpc) is 2.48. The molecule has 0 fully saturated rings. The first kappa shape index (κ1) is 13.3. The third-order valence-corrected chi connectivity index (χ3v) is 3.38. The molecule has 0 saturated carbocycles. The SMILES string of the molecule is COc1ccc2c(c1O)C(=O)CC(c1ccc(F)cc1)=N2. The van der Waals surface area contributed by atoms with Crippen LogP contribution in [0.5, 0.6) is 11.5 Å². The fourth-order valence-electron chi connectivity index (χ4n) is 2.33. The Hall–Kier alpha value is -2.69. The Bertz CT molecular complexity index is 751. The van der Waals surface area contributed by atoms with Crippen LogP contribution in [-0.4, -0.2) is 23.7 Å². The molecule has 0 atom stereocenters. The predicted octanol–water partition coefficient (Wildman–Crippen LogP) is 3.25. The van der Waals surface area contributed by atoms with Crippen LogP contribution in [0.3, 0.4) is 0 Å². The lowest BCUT2D eigenvalue weighted by molar-refractivity contribution is 0.0997. The molecule has 1 aliphatic heterocycles. The molecule has 5 heteroatoms. The average molecular weight is 285 g/mol. The number of carbonyl (C=O) groups excluding carboxylic acids is 1. The number of nitrogens with zero attached hydrogens (tertiary/aromatic N) is 1. The first-order chi connectivity index (χ1) is 10.1. The summed E-state index contributed by atoms with van der Waals surface area (Å²) in [4.78, 5) is 16.6. The van der Waals surface area contributed by atoms with Gasteiger partial charge in [-0.3, -0.25) is 9.79 Å². The van der Waals surface area contributed by atoms with Gasteiger partial charge in [0.05, 0.1) is 30.5 Å². The van der Waals surface area contributed by atoms with Gasteiger partial charge in [0.1, 0.15) is 5.82 Å². The topological polar surface area (TPSA) is 58.9 Å². The number of rotatable bonds is 2. The maximum absolute atomic E-state index is 13.0. The number of benzene rings is 2. The van der Waals surface area contributed by atoms with E-state index in [1.807, 2.05) is 0 Å². The molecule has 0 saturated heterocycles. The third-order valence-electron chi connectivity index (χ3n) is 3.38. The van der Waals surface area contributed by atoms with Gasteiger partial charge in [0, 0.05) is 0 Å². The van der Waals surface area contributed by atoms with Gasteiger partial charge in [-0.2, -0.15) is 0 Å². The highest BCUT2D eigenvalue weighted by Gasteiger charge is 2.26. The van der Waals surface area contributed by atoms with Crippen molar-refractivity contribution in [1.82, 2.24) is 0 Å². The molecule has 1 N–H and O–H groups in total. The Morgan fingerprint density at radius 2 is 1.90 bits per heavy atom. The lowest BCUT2D eigenvalue weighted by Crippen LogP contribution is -2.14. The second kappa shape index (κ2) is 5.01. The van der Waals surface area contributed by atoms with Crippen LogP contribution in [0.1, 0.15) is 22.3 Å². The van der Waals surface area contributed by atoms with Crippen LogP contribution in [0.4, 0.5) is 10.1 Å². The molecule has 21 heavy (non-hydrogen) atoms. The standard InChI is InChI=1S/C16H12FNO3/c1-21-14-7-6-11-15(16(14)20)13(19)8-12(18-11)9-2-4-10(17)5-3-9/h2-7,20H,8H2,1H3. The number of hydrogen-bond acceptors (Lipinski definition) is 4. The van der Waals surface area contributed by atoms with Crippen molar-refractivity contribution in [2.75, 3.05) is 7.11 Å². The lowest BCUT2D eigenvalue weighted by atomic mass is 9.95. The van der Waals surface area contributed by atoms with Gasteiger partial charge in [-0.15, -0.1) is 0 Å². The normalized spacial score (nSPS) is 13.6. The van der Waals surface area contributed by atoms with Gasteiger partial charge in [0.15, 0.2) is 17.3 Å². The molecule has 0 aromatic heterocycles. The molecule has 0 amide bonds. The molecule has 0 aliphatic carbocycles. The molecule has 106 valence electrons. The molecule has 0 spiro atoms. The molecule has 2 aromatic carbocycles. The number of ketones is 1. The van der Waals surface area contributed by atoms with Gasteiger partial charge >= 0.3 is 0 Å². The first-order valence-corrected chi connectivity index (χ1v) is 6.37. The minimum Gasteiger partial charge on any atom is -0.504 e. The summed E-state index contributed by atoms with van der Waals surface area (Å²) in [6.07, 6.45) is 0.0549. The molecule has 0 radical (unpaired) electrons. The maximum atomic E-state index is 13.0. The highest BCUT2D eigenvalue weighted by atomic mass is 19.1. The van der Waals surface area contributed by atoms with Gasteiger partial charge < -0.3 is 9.84 Å². The Morgan fingerprint density at radius 1 is 1.19 bits per heavy atom. The van der Waals surface area contributed by atoms with Crippen molar-refractivity contribution in [3.05, 3.63) is 53.3 Å². The fourth-order valence-corrected chi connectivity index (χ4v) is 2.33. The summed E-state index contributed by atoms with van der Waals surface area (Å²) in [6, 6.07) is 8.98. The Morgan fingerprint density at radius 3 is 2.57 bits per heavy atom. The number of halogens is 1. The van der Waals surface area contributed by atoms with E-state index in [1.54, 1.807) is 24.3 Å². The van der Waals surface area contributed by atoms with E-state index in [4.69, 9.17) is 4.74 Å². The largest absolute Gasteiger partial charge is 0.504 e. The maximum Gasteiger partial charge on any atom is 0.174 e. The van der Waals surface area contributed by atoms with Crippen LogP contribution in [0.25, 0.3) is 0 Å². The smallest absolute Gasteiger partial charge is 0.174 e. The number of methoxy groups -OCH3 is 1. The number of fused-ring (bicyclic) bond motifs is 1. The number of carbonyl (C=O) groups is 1. The number of aromatic hydroxyl groups is 1. The van der Waals surface area contributed by atoms with Gasteiger partial charge in [0.2, 0.25) is 0 Å². The van der Waals surface area contributed by atoms with E-state index in [-0.39, 0.29) is 35.1 Å². The molecule has 4 nitrogen and oxygen atoms in total. The molecule has 1 heterocycles. The summed E-state index contributed by atoms with van der Waals surface area (Å²) in [5.41, 5.74) is 1.80. The van der Waals surface area contributed by atoms with E-state index in [0.717, 1.165) is 0 Å². The zero-order valence-corrected chi connectivity index (χ0v) is 11.3. The molecular weight excluding hydrogens is 273 g/mol. The van der Waals surface area contributed by atoms with Crippen molar-refractivity contribution in [2.24, 2.45) is 4.99 Å². The van der Waals surface area contributed by atoms with Crippen LogP contribution in [0, 0.1) is 5.82 Å². The number of ether oxygens (including phenoxy) is 1. The Kier molecular flexibility index (Phi) is 3.17. The van der Waals surface area contributed by atoms with Crippen LogP contribution >= 0.6 is 0 Å². The summed E-state index contributed by atoms with van der Waals surface area (Å²) < 4.78 is 17.9. The van der Waals surface area contributed by atoms with Crippen molar-refractivity contribution < 1.29 is 19.0 Å². The van der Waals surface area contributed by atoms with Crippen LogP contribution in [0.2, 0.25) is 0 Å². The molecule has 0 bridgehead atoms. The minimum absolute atomic E-state index is 0.0549. The minimum atomic E-state index is -0.343. The first-order valence-electron chi connectivity index (χ1n) is 6.37. The highest BCUT2D eigenvalue weighted by Crippen LogP contribution is 2.39. The van der Waals surface area contributed by atoms with Crippen LogP contribution in [-0.2, 0) is 0 Å². The van der Waals surface area contributed by atoms with Gasteiger partial charge in [-0.1, -0.05) is 12.1 Å². The van der Waals surface area contributed by atoms with E-state index in [1.165, 1.54) is 19.2 Å². The van der Waals surface area contributed by atoms with E-state index < -0.39 is 0 Å². The van der Waals surface area contributed by atoms with Crippen molar-refractivity contribution in [1.29, 1.82) is 0 Å². The second-order valence-corrected chi connectivity index (χ2v) is 4.68. The zero-order chi connectivity index (χ0) is 15.0. The Balaban J connectivity index is 2.10. The van der Waals surface area contributed by atoms with Crippen LogP contribution < -0.4 is 4.74 Å². The summed E-state index contributed by atoms with van der Waals surface area (Å²) >= 11 is 0. The third kappa shape index (κ3) is 2.27. The number of hydrogen-bond donors (Lipinski definition) is 1. The van der Waals surface area contributed by atoms with Crippen molar-refractivity contribution in [2.45, 2.75) is 6.42 Å². The van der Waals surface area contributed by atoms with Gasteiger partial charge in [0.25, 0.3) is 0 Å². The van der Waals surface area contributed by atoms with Crippen molar-refractivity contribution in [3.63, 3.8) is 0 Å². The monoisotopic (exact) mass is 285 g/mol. The summed E-state index contributed by atoms with van der Waals surface area (Å²) in [5, 5.41) is 10.0. The summed E-state index contributed by atoms with van der Waals surface area (Å²) in [7, 11) is 1.42. The van der Waals surface area contributed by atoms with E-state index in [0.29, 0.717) is 17.0 Å². The summed E-state index contributed by atoms with van der Waals surface area (Å²) in [6.45, 7) is 0. The number of aliphatic imine (C=N–C) groups is 1. The number of phenols is 1. The lowest BCUT2D eigenvalue weighted by Gasteiger charge is -2.17. The fraction of sp³-hybridized carbons (Fsp3) is 0.125. The van der Waals surface area contributed by atoms with Crippen LogP contribution in [0.15, 0.2) is 41.4 Å². The molecule has 1 aliphatic rings. The second-order valence-electron chi connectivity index (χ2n) is 4.68. The zero-order valence-electron chi connectivity index (χ0n) is 11.3. The predicted molar refractivity (Wildman–Crippen MR) is 76.2 cm³/mol. The van der Waals surface area contributed by atoms with Crippen molar-refractivity contribution in [3.8, 4) is 11.5 Å². The van der Waals surface area contributed by atoms with Crippen molar-refractivity contribution >= 4 is 17.2 Å².